The fourth-order valence-corrected chi connectivity index (χ4v) is 3.11. The van der Waals surface area contributed by atoms with Crippen LogP contribution in [0.4, 0.5) is 10.1 Å². The molecule has 0 aromatic heterocycles. The van der Waals surface area contributed by atoms with Crippen molar-refractivity contribution in [3.63, 3.8) is 0 Å². The molecule has 0 amide bonds. The van der Waals surface area contributed by atoms with Gasteiger partial charge >= 0.3 is 0 Å². The molecule has 2 N–H and O–H groups in total. The van der Waals surface area contributed by atoms with Crippen LogP contribution in [0.25, 0.3) is 0 Å². The molecule has 1 saturated carbocycles. The summed E-state index contributed by atoms with van der Waals surface area (Å²) in [7, 11) is 0. The quantitative estimate of drug-likeness (QED) is 0.867. The van der Waals surface area contributed by atoms with Crippen LogP contribution in [-0.2, 0) is 0 Å². The smallest absolute Gasteiger partial charge is 0.123 e. The molecule has 0 radical (unpaired) electrons. The molecule has 2 unspecified atom stereocenters. The maximum atomic E-state index is 12.9. The standard InChI is InChI=1S/C16H24FNO/c1-12(2)13-4-3-9-16(10-13,11-19)18-15-7-5-14(17)6-8-15/h5-8,12-13,18-19H,3-4,9-11H2,1-2H3. The molecule has 1 aromatic carbocycles. The minimum atomic E-state index is -0.245. The van der Waals surface area contributed by atoms with Gasteiger partial charge in [-0.15, -0.1) is 0 Å². The average Bonchev–Trinajstić information content (AvgIpc) is 2.42. The van der Waals surface area contributed by atoms with E-state index in [1.54, 1.807) is 12.1 Å². The fourth-order valence-electron chi connectivity index (χ4n) is 3.11. The number of halogens is 1. The van der Waals surface area contributed by atoms with Crippen LogP contribution in [0.3, 0.4) is 0 Å². The van der Waals surface area contributed by atoms with Gasteiger partial charge < -0.3 is 10.4 Å². The summed E-state index contributed by atoms with van der Waals surface area (Å²) < 4.78 is 12.9. The van der Waals surface area contributed by atoms with E-state index >= 15 is 0 Å². The zero-order valence-corrected chi connectivity index (χ0v) is 11.8. The Morgan fingerprint density at radius 3 is 2.63 bits per heavy atom. The Morgan fingerprint density at radius 1 is 1.37 bits per heavy atom. The number of hydrogen-bond donors (Lipinski definition) is 2. The second kappa shape index (κ2) is 5.91. The van der Waals surface area contributed by atoms with Crippen LogP contribution in [0.1, 0.15) is 39.5 Å². The van der Waals surface area contributed by atoms with Gasteiger partial charge in [-0.25, -0.2) is 4.39 Å². The van der Waals surface area contributed by atoms with Gasteiger partial charge in [0.15, 0.2) is 0 Å². The molecule has 19 heavy (non-hydrogen) atoms. The molecule has 2 rings (SSSR count). The molecule has 2 nitrogen and oxygen atoms in total. The molecular formula is C16H24FNO. The zero-order chi connectivity index (χ0) is 13.9. The van der Waals surface area contributed by atoms with Gasteiger partial charge in [-0.3, -0.25) is 0 Å². The molecule has 0 saturated heterocycles. The lowest BCUT2D eigenvalue weighted by atomic mass is 9.72. The Bertz CT molecular complexity index is 404. The summed E-state index contributed by atoms with van der Waals surface area (Å²) in [5.74, 6) is 1.06. The van der Waals surface area contributed by atoms with Gasteiger partial charge in [0.2, 0.25) is 0 Å². The van der Waals surface area contributed by atoms with Crippen molar-refractivity contribution in [2.45, 2.75) is 45.1 Å². The number of nitrogens with one attached hydrogen (secondary N) is 1. The maximum Gasteiger partial charge on any atom is 0.123 e. The molecule has 1 aliphatic rings. The molecule has 0 spiro atoms. The highest BCUT2D eigenvalue weighted by atomic mass is 19.1. The van der Waals surface area contributed by atoms with Gasteiger partial charge in [0.25, 0.3) is 0 Å². The molecule has 0 aliphatic heterocycles. The Balaban J connectivity index is 2.11. The first kappa shape index (κ1) is 14.3. The zero-order valence-electron chi connectivity index (χ0n) is 11.8. The largest absolute Gasteiger partial charge is 0.394 e. The second-order valence-electron chi connectivity index (χ2n) is 6.17. The molecule has 1 fully saturated rings. The van der Waals surface area contributed by atoms with Crippen LogP contribution in [0.15, 0.2) is 24.3 Å². The van der Waals surface area contributed by atoms with E-state index in [1.165, 1.54) is 18.6 Å². The topological polar surface area (TPSA) is 32.3 Å². The van der Waals surface area contributed by atoms with Crippen LogP contribution in [0, 0.1) is 17.7 Å². The third-order valence-corrected chi connectivity index (χ3v) is 4.38. The Kier molecular flexibility index (Phi) is 4.46. The summed E-state index contributed by atoms with van der Waals surface area (Å²) in [6, 6.07) is 6.39. The number of hydrogen-bond acceptors (Lipinski definition) is 2. The molecule has 1 aliphatic carbocycles. The van der Waals surface area contributed by atoms with Gasteiger partial charge in [0, 0.05) is 5.69 Å². The third kappa shape index (κ3) is 3.47. The molecule has 3 heteroatoms. The second-order valence-corrected chi connectivity index (χ2v) is 6.17. The Labute approximate surface area is 115 Å². The van der Waals surface area contributed by atoms with Crippen molar-refractivity contribution in [1.29, 1.82) is 0 Å². The van der Waals surface area contributed by atoms with E-state index in [0.29, 0.717) is 11.8 Å². The summed E-state index contributed by atoms with van der Waals surface area (Å²) in [5.41, 5.74) is 0.644. The summed E-state index contributed by atoms with van der Waals surface area (Å²) in [4.78, 5) is 0. The third-order valence-electron chi connectivity index (χ3n) is 4.38. The summed E-state index contributed by atoms with van der Waals surface area (Å²) >= 11 is 0. The van der Waals surface area contributed by atoms with E-state index in [-0.39, 0.29) is 18.0 Å². The van der Waals surface area contributed by atoms with Crippen LogP contribution >= 0.6 is 0 Å². The van der Waals surface area contributed by atoms with E-state index in [9.17, 15) is 9.50 Å². The van der Waals surface area contributed by atoms with Crippen LogP contribution in [0.2, 0.25) is 0 Å². The maximum absolute atomic E-state index is 12.9. The number of anilines is 1. The van der Waals surface area contributed by atoms with E-state index in [0.717, 1.165) is 24.9 Å². The Morgan fingerprint density at radius 2 is 2.05 bits per heavy atom. The summed E-state index contributed by atoms with van der Waals surface area (Å²) in [5, 5.41) is 13.3. The molecular weight excluding hydrogens is 241 g/mol. The Hall–Kier alpha value is -1.09. The van der Waals surface area contributed by atoms with Gasteiger partial charge in [-0.1, -0.05) is 26.7 Å². The predicted octanol–water partition coefficient (Wildman–Crippen LogP) is 3.81. The van der Waals surface area contributed by atoms with E-state index < -0.39 is 0 Å². The number of aliphatic hydroxyl groups excluding tert-OH is 1. The van der Waals surface area contributed by atoms with Crippen molar-refractivity contribution in [1.82, 2.24) is 0 Å². The predicted molar refractivity (Wildman–Crippen MR) is 76.6 cm³/mol. The monoisotopic (exact) mass is 265 g/mol. The van der Waals surface area contributed by atoms with Crippen molar-refractivity contribution in [3.8, 4) is 0 Å². The van der Waals surface area contributed by atoms with Crippen LogP contribution in [0.5, 0.6) is 0 Å². The van der Waals surface area contributed by atoms with Gasteiger partial charge in [-0.05, 0) is 48.9 Å². The van der Waals surface area contributed by atoms with Crippen molar-refractivity contribution in [2.24, 2.45) is 11.8 Å². The first-order valence-corrected chi connectivity index (χ1v) is 7.19. The number of benzene rings is 1. The van der Waals surface area contributed by atoms with Crippen molar-refractivity contribution in [2.75, 3.05) is 11.9 Å². The minimum Gasteiger partial charge on any atom is -0.394 e. The highest BCUT2D eigenvalue weighted by Crippen LogP contribution is 2.38. The minimum absolute atomic E-state index is 0.133. The van der Waals surface area contributed by atoms with E-state index in [4.69, 9.17) is 0 Å². The first-order valence-electron chi connectivity index (χ1n) is 7.19. The molecule has 2 atom stereocenters. The van der Waals surface area contributed by atoms with Gasteiger partial charge in [0.05, 0.1) is 12.1 Å². The summed E-state index contributed by atoms with van der Waals surface area (Å²) in [6.45, 7) is 4.62. The van der Waals surface area contributed by atoms with Crippen molar-refractivity contribution >= 4 is 5.69 Å². The lowest BCUT2D eigenvalue weighted by Crippen LogP contribution is -2.47. The average molecular weight is 265 g/mol. The van der Waals surface area contributed by atoms with Crippen LogP contribution in [-0.4, -0.2) is 17.3 Å². The van der Waals surface area contributed by atoms with Crippen molar-refractivity contribution in [3.05, 3.63) is 30.1 Å². The lowest BCUT2D eigenvalue weighted by Gasteiger charge is -2.42. The van der Waals surface area contributed by atoms with Gasteiger partial charge in [-0.2, -0.15) is 0 Å². The normalized spacial score (nSPS) is 27.5. The molecule has 1 aromatic rings. The lowest BCUT2D eigenvalue weighted by molar-refractivity contribution is 0.126. The number of rotatable bonds is 4. The molecule has 0 heterocycles. The highest BCUT2D eigenvalue weighted by Gasteiger charge is 2.36. The van der Waals surface area contributed by atoms with Gasteiger partial charge in [0.1, 0.15) is 5.82 Å². The number of aliphatic hydroxyl groups is 1. The summed E-state index contributed by atoms with van der Waals surface area (Å²) in [6.07, 6.45) is 4.34. The van der Waals surface area contributed by atoms with Crippen molar-refractivity contribution < 1.29 is 9.50 Å². The highest BCUT2D eigenvalue weighted by molar-refractivity contribution is 5.45. The van der Waals surface area contributed by atoms with E-state index in [1.807, 2.05) is 0 Å². The fraction of sp³-hybridized carbons (Fsp3) is 0.625. The molecule has 106 valence electrons. The first-order chi connectivity index (χ1) is 9.04. The van der Waals surface area contributed by atoms with Crippen LogP contribution < -0.4 is 5.32 Å². The SMILES string of the molecule is CC(C)C1CCCC(CO)(Nc2ccc(F)cc2)C1. The molecule has 0 bridgehead atoms. The van der Waals surface area contributed by atoms with E-state index in [2.05, 4.69) is 19.2 Å².